The molecule has 100 valence electrons. The molecule has 1 aliphatic heterocycles. The van der Waals surface area contributed by atoms with Gasteiger partial charge in [-0.3, -0.25) is 0 Å². The molecule has 2 aliphatic rings. The summed E-state index contributed by atoms with van der Waals surface area (Å²) in [7, 11) is 0. The average Bonchev–Trinajstić information content (AvgIpc) is 3.08. The number of hydrogen-bond donors (Lipinski definition) is 1. The third-order valence-electron chi connectivity index (χ3n) is 4.60. The second kappa shape index (κ2) is 6.75. The van der Waals surface area contributed by atoms with Gasteiger partial charge in [0.15, 0.2) is 0 Å². The molecule has 2 nitrogen and oxygen atoms in total. The zero-order valence-electron chi connectivity index (χ0n) is 11.8. The van der Waals surface area contributed by atoms with Crippen LogP contribution in [0.25, 0.3) is 0 Å². The number of nitrogens with one attached hydrogen (secondary N) is 1. The zero-order valence-corrected chi connectivity index (χ0v) is 11.8. The highest BCUT2D eigenvalue weighted by Crippen LogP contribution is 2.21. The van der Waals surface area contributed by atoms with Crippen LogP contribution >= 0.6 is 0 Å². The lowest BCUT2D eigenvalue weighted by atomic mass is 9.99. The Morgan fingerprint density at radius 2 is 1.59 bits per heavy atom. The highest BCUT2D eigenvalue weighted by molar-refractivity contribution is 4.83. The van der Waals surface area contributed by atoms with Gasteiger partial charge in [0.2, 0.25) is 0 Å². The molecule has 0 bridgehead atoms. The molecule has 1 N–H and O–H groups in total. The molecule has 0 radical (unpaired) electrons. The quantitative estimate of drug-likeness (QED) is 0.792. The van der Waals surface area contributed by atoms with E-state index >= 15 is 0 Å². The molecule has 0 amide bonds. The minimum Gasteiger partial charge on any atom is -0.314 e. The lowest BCUT2D eigenvalue weighted by Crippen LogP contribution is -2.43. The molecule has 0 spiro atoms. The van der Waals surface area contributed by atoms with Gasteiger partial charge < -0.3 is 10.2 Å². The number of nitrogens with zero attached hydrogens (tertiary/aromatic N) is 1. The van der Waals surface area contributed by atoms with Gasteiger partial charge in [-0.1, -0.05) is 26.2 Å². The summed E-state index contributed by atoms with van der Waals surface area (Å²) in [6.07, 6.45) is 9.98. The predicted molar refractivity (Wildman–Crippen MR) is 74.3 cm³/mol. The fraction of sp³-hybridized carbons (Fsp3) is 1.00. The van der Waals surface area contributed by atoms with E-state index in [1.807, 2.05) is 0 Å². The van der Waals surface area contributed by atoms with Crippen molar-refractivity contribution in [1.82, 2.24) is 10.2 Å². The smallest absolute Gasteiger partial charge is 0.0105 e. The van der Waals surface area contributed by atoms with Crippen LogP contribution in [0.1, 0.15) is 58.8 Å². The van der Waals surface area contributed by atoms with Gasteiger partial charge in [-0.25, -0.2) is 0 Å². The van der Waals surface area contributed by atoms with Gasteiger partial charge in [-0.05, 0) is 58.2 Å². The minimum absolute atomic E-state index is 0.749. The van der Waals surface area contributed by atoms with Crippen molar-refractivity contribution in [2.45, 2.75) is 70.9 Å². The molecule has 1 saturated carbocycles. The van der Waals surface area contributed by atoms with Crippen LogP contribution < -0.4 is 5.32 Å². The molecule has 2 heteroatoms. The van der Waals surface area contributed by atoms with Crippen molar-refractivity contribution in [3.8, 4) is 0 Å². The van der Waals surface area contributed by atoms with E-state index in [9.17, 15) is 0 Å². The molecule has 2 unspecified atom stereocenters. The standard InChI is InChI=1S/C15H30N2/c1-13(12-16-15-8-9-15)14(2)17-10-6-4-3-5-7-11-17/h13-16H,3-12H2,1-2H3. The van der Waals surface area contributed by atoms with E-state index in [1.54, 1.807) is 0 Å². The summed E-state index contributed by atoms with van der Waals surface area (Å²) in [5.41, 5.74) is 0. The number of likely N-dealkylation sites (tertiary alicyclic amines) is 1. The summed E-state index contributed by atoms with van der Waals surface area (Å²) in [6.45, 7) is 8.71. The van der Waals surface area contributed by atoms with E-state index in [1.165, 1.54) is 64.6 Å². The summed E-state index contributed by atoms with van der Waals surface area (Å²) in [4.78, 5) is 2.73. The summed E-state index contributed by atoms with van der Waals surface area (Å²) in [6, 6.07) is 1.61. The van der Waals surface area contributed by atoms with E-state index in [0.29, 0.717) is 0 Å². The Hall–Kier alpha value is -0.0800. The van der Waals surface area contributed by atoms with Crippen LogP contribution in [0.3, 0.4) is 0 Å². The Balaban J connectivity index is 1.72. The first-order valence-corrected chi connectivity index (χ1v) is 7.75. The third kappa shape index (κ3) is 4.59. The monoisotopic (exact) mass is 238 g/mol. The van der Waals surface area contributed by atoms with Gasteiger partial charge in [0.05, 0.1) is 0 Å². The highest BCUT2D eigenvalue weighted by atomic mass is 15.2. The molecule has 0 aromatic carbocycles. The van der Waals surface area contributed by atoms with Gasteiger partial charge >= 0.3 is 0 Å². The fourth-order valence-corrected chi connectivity index (χ4v) is 2.85. The SMILES string of the molecule is CC(CNC1CC1)C(C)N1CCCCCCC1. The van der Waals surface area contributed by atoms with E-state index in [2.05, 4.69) is 24.1 Å². The molecule has 0 aromatic heterocycles. The van der Waals surface area contributed by atoms with Crippen molar-refractivity contribution in [3.63, 3.8) is 0 Å². The van der Waals surface area contributed by atoms with E-state index in [-0.39, 0.29) is 0 Å². The molecule has 2 fully saturated rings. The minimum atomic E-state index is 0.749. The Morgan fingerprint density at radius 1 is 1.00 bits per heavy atom. The van der Waals surface area contributed by atoms with Crippen LogP contribution in [-0.2, 0) is 0 Å². The van der Waals surface area contributed by atoms with Gasteiger partial charge in [-0.15, -0.1) is 0 Å². The first-order valence-electron chi connectivity index (χ1n) is 7.75. The zero-order chi connectivity index (χ0) is 12.1. The third-order valence-corrected chi connectivity index (χ3v) is 4.60. The number of hydrogen-bond acceptors (Lipinski definition) is 2. The fourth-order valence-electron chi connectivity index (χ4n) is 2.85. The molecular weight excluding hydrogens is 208 g/mol. The normalized spacial score (nSPS) is 27.2. The van der Waals surface area contributed by atoms with Crippen LogP contribution in [0.2, 0.25) is 0 Å². The van der Waals surface area contributed by atoms with Crippen LogP contribution in [-0.4, -0.2) is 36.6 Å². The lowest BCUT2D eigenvalue weighted by Gasteiger charge is -2.34. The first kappa shape index (κ1) is 13.4. The van der Waals surface area contributed by atoms with Crippen LogP contribution in [0.5, 0.6) is 0 Å². The molecule has 1 heterocycles. The lowest BCUT2D eigenvalue weighted by molar-refractivity contribution is 0.146. The first-order chi connectivity index (χ1) is 8.27. The molecule has 1 aliphatic carbocycles. The largest absolute Gasteiger partial charge is 0.314 e. The van der Waals surface area contributed by atoms with Crippen molar-refractivity contribution >= 4 is 0 Å². The molecule has 2 rings (SSSR count). The molecular formula is C15H30N2. The summed E-state index contributed by atoms with van der Waals surface area (Å²) in [5, 5.41) is 3.68. The Kier molecular flexibility index (Phi) is 5.30. The van der Waals surface area contributed by atoms with E-state index in [4.69, 9.17) is 0 Å². The van der Waals surface area contributed by atoms with Crippen molar-refractivity contribution < 1.29 is 0 Å². The predicted octanol–water partition coefficient (Wildman–Crippen LogP) is 3.03. The maximum absolute atomic E-state index is 3.68. The van der Waals surface area contributed by atoms with E-state index in [0.717, 1.165) is 18.0 Å². The van der Waals surface area contributed by atoms with Crippen molar-refractivity contribution in [1.29, 1.82) is 0 Å². The van der Waals surface area contributed by atoms with Crippen molar-refractivity contribution in [3.05, 3.63) is 0 Å². The maximum atomic E-state index is 3.68. The second-order valence-corrected chi connectivity index (χ2v) is 6.20. The Labute approximate surface area is 107 Å². The van der Waals surface area contributed by atoms with Crippen LogP contribution in [0, 0.1) is 5.92 Å². The summed E-state index contributed by atoms with van der Waals surface area (Å²) in [5.74, 6) is 0.787. The summed E-state index contributed by atoms with van der Waals surface area (Å²) < 4.78 is 0. The molecule has 17 heavy (non-hydrogen) atoms. The van der Waals surface area contributed by atoms with Crippen molar-refractivity contribution in [2.24, 2.45) is 5.92 Å². The van der Waals surface area contributed by atoms with Gasteiger partial charge in [0.25, 0.3) is 0 Å². The topological polar surface area (TPSA) is 15.3 Å². The van der Waals surface area contributed by atoms with Crippen molar-refractivity contribution in [2.75, 3.05) is 19.6 Å². The number of rotatable bonds is 5. The van der Waals surface area contributed by atoms with Gasteiger partial charge in [0, 0.05) is 12.1 Å². The Bertz CT molecular complexity index is 205. The summed E-state index contributed by atoms with van der Waals surface area (Å²) >= 11 is 0. The Morgan fingerprint density at radius 3 is 2.18 bits per heavy atom. The molecule has 1 saturated heterocycles. The molecule has 2 atom stereocenters. The maximum Gasteiger partial charge on any atom is 0.0105 e. The highest BCUT2D eigenvalue weighted by Gasteiger charge is 2.24. The van der Waals surface area contributed by atoms with Crippen LogP contribution in [0.15, 0.2) is 0 Å². The molecule has 0 aromatic rings. The van der Waals surface area contributed by atoms with Gasteiger partial charge in [0.1, 0.15) is 0 Å². The second-order valence-electron chi connectivity index (χ2n) is 6.20. The van der Waals surface area contributed by atoms with Gasteiger partial charge in [-0.2, -0.15) is 0 Å². The average molecular weight is 238 g/mol. The van der Waals surface area contributed by atoms with E-state index < -0.39 is 0 Å². The van der Waals surface area contributed by atoms with Crippen LogP contribution in [0.4, 0.5) is 0 Å².